The summed E-state index contributed by atoms with van der Waals surface area (Å²) in [7, 11) is 0. The summed E-state index contributed by atoms with van der Waals surface area (Å²) in [5, 5.41) is 22.1. The zero-order valence-electron chi connectivity index (χ0n) is 27.6. The van der Waals surface area contributed by atoms with Crippen molar-refractivity contribution in [1.82, 2.24) is 4.98 Å². The fraction of sp³-hybridized carbons (Fsp3) is 0.385. The van der Waals surface area contributed by atoms with E-state index in [-0.39, 0.29) is 22.6 Å². The van der Waals surface area contributed by atoms with Gasteiger partial charge in [0.05, 0.1) is 23.2 Å². The number of carbonyl (C=O) groups is 1. The monoisotopic (exact) mass is 658 g/mol. The molecular formula is C39H47ClN2O3S. The van der Waals surface area contributed by atoms with Crippen LogP contribution in [0.1, 0.15) is 93.5 Å². The highest BCUT2D eigenvalue weighted by Crippen LogP contribution is 2.53. The molecule has 1 saturated carbocycles. The fourth-order valence-electron chi connectivity index (χ4n) is 5.36. The zero-order chi connectivity index (χ0) is 33.5. The Hall–Kier alpha value is -3.16. The molecule has 46 heavy (non-hydrogen) atoms. The summed E-state index contributed by atoms with van der Waals surface area (Å²) in [5.74, 6) is 0.122. The van der Waals surface area contributed by atoms with Gasteiger partial charge in [-0.1, -0.05) is 78.3 Å². The maximum Gasteiger partial charge on any atom is 0.303 e. The molecular weight excluding hydrogens is 612 g/mol. The van der Waals surface area contributed by atoms with Gasteiger partial charge in [-0.2, -0.15) is 11.8 Å². The first kappa shape index (κ1) is 35.7. The molecule has 4 aromatic rings. The Balaban J connectivity index is 0.000000892. The van der Waals surface area contributed by atoms with Crippen molar-refractivity contribution in [3.8, 4) is 0 Å². The minimum Gasteiger partial charge on any atom is -0.481 e. The number of halogens is 1. The third kappa shape index (κ3) is 11.3. The summed E-state index contributed by atoms with van der Waals surface area (Å²) < 4.78 is 0. The van der Waals surface area contributed by atoms with Crippen molar-refractivity contribution in [3.05, 3.63) is 112 Å². The van der Waals surface area contributed by atoms with Crippen LogP contribution in [0.25, 0.3) is 23.1 Å². The first-order valence-corrected chi connectivity index (χ1v) is 17.3. The van der Waals surface area contributed by atoms with Gasteiger partial charge in [0.25, 0.3) is 0 Å². The van der Waals surface area contributed by atoms with Gasteiger partial charge < -0.3 is 15.9 Å². The van der Waals surface area contributed by atoms with Gasteiger partial charge in [-0.05, 0) is 112 Å². The second-order valence-corrected chi connectivity index (χ2v) is 15.7. The Morgan fingerprint density at radius 3 is 2.37 bits per heavy atom. The Morgan fingerprint density at radius 1 is 1.00 bits per heavy atom. The van der Waals surface area contributed by atoms with Gasteiger partial charge in [-0.3, -0.25) is 4.79 Å². The van der Waals surface area contributed by atoms with Crippen molar-refractivity contribution in [2.45, 2.75) is 83.1 Å². The van der Waals surface area contributed by atoms with Gasteiger partial charge in [-0.25, -0.2) is 4.98 Å². The average Bonchev–Trinajstić information content (AvgIpc) is 3.73. The minimum absolute atomic E-state index is 0. The van der Waals surface area contributed by atoms with Gasteiger partial charge in [0, 0.05) is 27.0 Å². The van der Waals surface area contributed by atoms with Crippen LogP contribution in [0.4, 0.5) is 0 Å². The summed E-state index contributed by atoms with van der Waals surface area (Å²) in [6.07, 6.45) is 8.02. The van der Waals surface area contributed by atoms with E-state index in [1.165, 1.54) is 5.56 Å². The number of nitrogens with two attached hydrogens (primary N) is 1. The van der Waals surface area contributed by atoms with Crippen LogP contribution < -0.4 is 5.73 Å². The van der Waals surface area contributed by atoms with Gasteiger partial charge >= 0.3 is 5.97 Å². The Morgan fingerprint density at radius 2 is 1.70 bits per heavy atom. The van der Waals surface area contributed by atoms with E-state index in [0.717, 1.165) is 64.7 Å². The number of aryl methyl sites for hydroxylation is 1. The molecule has 1 aliphatic rings. The van der Waals surface area contributed by atoms with Crippen LogP contribution in [0, 0.1) is 5.41 Å². The van der Waals surface area contributed by atoms with Crippen molar-refractivity contribution >= 4 is 52.4 Å². The third-order valence-electron chi connectivity index (χ3n) is 7.83. The van der Waals surface area contributed by atoms with Gasteiger partial charge in [-0.15, -0.1) is 0 Å². The Bertz CT molecular complexity index is 1660. The van der Waals surface area contributed by atoms with Crippen molar-refractivity contribution in [2.75, 3.05) is 5.75 Å². The number of carboxylic acid groups (broad SMARTS) is 1. The van der Waals surface area contributed by atoms with Gasteiger partial charge in [0.2, 0.25) is 0 Å². The van der Waals surface area contributed by atoms with E-state index in [1.54, 1.807) is 0 Å². The van der Waals surface area contributed by atoms with Crippen LogP contribution in [0.15, 0.2) is 78.9 Å². The van der Waals surface area contributed by atoms with Gasteiger partial charge in [0.1, 0.15) is 0 Å². The summed E-state index contributed by atoms with van der Waals surface area (Å²) in [5.41, 5.74) is 10.5. The molecule has 0 spiro atoms. The zero-order valence-corrected chi connectivity index (χ0v) is 29.2. The lowest BCUT2D eigenvalue weighted by Gasteiger charge is -2.24. The lowest BCUT2D eigenvalue weighted by Crippen LogP contribution is -2.26. The van der Waals surface area contributed by atoms with Crippen LogP contribution in [0.2, 0.25) is 5.02 Å². The van der Waals surface area contributed by atoms with E-state index in [2.05, 4.69) is 42.5 Å². The molecule has 5 nitrogen and oxygen atoms in total. The van der Waals surface area contributed by atoms with E-state index in [4.69, 9.17) is 22.3 Å². The summed E-state index contributed by atoms with van der Waals surface area (Å²) in [6, 6.07) is 26.5. The molecule has 0 unspecified atom stereocenters. The summed E-state index contributed by atoms with van der Waals surface area (Å²) >= 11 is 8.04. The molecule has 0 aliphatic heterocycles. The van der Waals surface area contributed by atoms with Crippen molar-refractivity contribution in [3.63, 3.8) is 0 Å². The predicted octanol–water partition coefficient (Wildman–Crippen LogP) is 9.69. The van der Waals surface area contributed by atoms with Crippen LogP contribution >= 0.6 is 23.4 Å². The van der Waals surface area contributed by atoms with E-state index < -0.39 is 11.6 Å². The van der Waals surface area contributed by atoms with Crippen LogP contribution in [0.5, 0.6) is 0 Å². The fourth-order valence-corrected chi connectivity index (χ4v) is 7.09. The molecule has 3 aromatic carbocycles. The molecule has 0 amide bonds. The normalized spacial score (nSPS) is 15.0. The molecule has 0 radical (unpaired) electrons. The highest BCUT2D eigenvalue weighted by atomic mass is 35.5. The second kappa shape index (κ2) is 15.2. The molecule has 4 N–H and O–H groups in total. The number of hydrogen-bond acceptors (Lipinski definition) is 5. The largest absolute Gasteiger partial charge is 0.481 e. The number of pyridine rings is 1. The van der Waals surface area contributed by atoms with E-state index in [1.807, 2.05) is 94.9 Å². The van der Waals surface area contributed by atoms with Crippen molar-refractivity contribution in [1.29, 1.82) is 0 Å². The third-order valence-corrected chi connectivity index (χ3v) is 9.76. The molecule has 1 aliphatic carbocycles. The summed E-state index contributed by atoms with van der Waals surface area (Å²) in [6.45, 7) is 9.55. The van der Waals surface area contributed by atoms with Crippen molar-refractivity contribution < 1.29 is 15.0 Å². The SMILES string of the molecule is CC(C)(C)N.CC(C)(O)c1ccccc1CC[C@@H](SCC1(CC(=O)O)CC1)c1cccc(/C=C/c2ccc3ccc(Cl)cc3n2)c1. The lowest BCUT2D eigenvalue weighted by atomic mass is 9.90. The molecule has 1 aromatic heterocycles. The number of nitrogens with zero attached hydrogens (tertiary/aromatic N) is 1. The van der Waals surface area contributed by atoms with E-state index in [0.29, 0.717) is 5.02 Å². The molecule has 1 heterocycles. The number of benzene rings is 3. The quantitative estimate of drug-likeness (QED) is 0.140. The standard InChI is InChI=1S/C35H36ClNO3S.C4H11N/c1-34(2,40)30-9-4-3-7-25(30)13-17-32(41-23-35(18-19-35)22-33(38)39)27-8-5-6-24(20-27)10-15-29-16-12-26-11-14-28(36)21-31(26)37-29;1-4(2,3)5/h3-12,14-16,20-21,32,40H,13,17-19,22-23H2,1-2H3,(H,38,39);5H2,1-3H3/b15-10+;/t32-;/m1./s1. The number of rotatable bonds is 12. The maximum absolute atomic E-state index is 11.5. The number of fused-ring (bicyclic) bond motifs is 1. The number of hydrogen-bond donors (Lipinski definition) is 3. The van der Waals surface area contributed by atoms with Gasteiger partial charge in [0.15, 0.2) is 0 Å². The van der Waals surface area contributed by atoms with Crippen molar-refractivity contribution in [2.24, 2.45) is 11.1 Å². The highest BCUT2D eigenvalue weighted by Gasteiger charge is 2.44. The molecule has 0 saturated heterocycles. The lowest BCUT2D eigenvalue weighted by molar-refractivity contribution is -0.138. The van der Waals surface area contributed by atoms with Crippen LogP contribution in [0.3, 0.4) is 0 Å². The van der Waals surface area contributed by atoms with Crippen LogP contribution in [-0.4, -0.2) is 32.5 Å². The van der Waals surface area contributed by atoms with E-state index >= 15 is 0 Å². The molecule has 7 heteroatoms. The average molecular weight is 659 g/mol. The first-order valence-electron chi connectivity index (χ1n) is 15.9. The smallest absolute Gasteiger partial charge is 0.303 e. The number of aliphatic carboxylic acids is 1. The summed E-state index contributed by atoms with van der Waals surface area (Å²) in [4.78, 5) is 16.2. The second-order valence-electron chi connectivity index (χ2n) is 14.1. The number of carboxylic acids is 1. The topological polar surface area (TPSA) is 96.4 Å². The molecule has 1 atom stereocenters. The Kier molecular flexibility index (Phi) is 11.8. The number of aliphatic hydroxyl groups is 1. The number of aromatic nitrogens is 1. The predicted molar refractivity (Wildman–Crippen MR) is 195 cm³/mol. The molecule has 244 valence electrons. The van der Waals surface area contributed by atoms with Crippen LogP contribution in [-0.2, 0) is 16.8 Å². The number of thioether (sulfide) groups is 1. The molecule has 5 rings (SSSR count). The molecule has 1 fully saturated rings. The van der Waals surface area contributed by atoms with E-state index in [9.17, 15) is 15.0 Å². The molecule has 0 bridgehead atoms. The Labute approximate surface area is 283 Å². The first-order chi connectivity index (χ1) is 21.6. The maximum atomic E-state index is 11.5. The minimum atomic E-state index is -0.911. The highest BCUT2D eigenvalue weighted by molar-refractivity contribution is 7.99.